The molecule has 0 fully saturated rings. The summed E-state index contributed by atoms with van der Waals surface area (Å²) in [5.41, 5.74) is 0. The van der Waals surface area contributed by atoms with Crippen molar-refractivity contribution >= 4 is 17.8 Å². The quantitative estimate of drug-likeness (QED) is 0.764. The molecular formula is C13H18N2O5. The number of rotatable bonds is 6. The molecule has 7 heteroatoms. The maximum Gasteiger partial charge on any atom is 0.325 e. The average molecular weight is 282 g/mol. The van der Waals surface area contributed by atoms with Crippen molar-refractivity contribution in [1.29, 1.82) is 0 Å². The lowest BCUT2D eigenvalue weighted by Gasteiger charge is -2.23. The Morgan fingerprint density at radius 3 is 2.65 bits per heavy atom. The highest BCUT2D eigenvalue weighted by Crippen LogP contribution is 2.02. The zero-order chi connectivity index (χ0) is 15.1. The van der Waals surface area contributed by atoms with Crippen LogP contribution in [0.15, 0.2) is 22.8 Å². The molecule has 1 rings (SSSR count). The third-order valence-electron chi connectivity index (χ3n) is 2.70. The second kappa shape index (κ2) is 7.32. The van der Waals surface area contributed by atoms with E-state index < -0.39 is 17.9 Å². The lowest BCUT2D eigenvalue weighted by Crippen LogP contribution is -2.48. The number of furan rings is 1. The first-order chi connectivity index (χ1) is 9.49. The van der Waals surface area contributed by atoms with Crippen LogP contribution in [0, 0.1) is 0 Å². The highest BCUT2D eigenvalue weighted by molar-refractivity contribution is 5.95. The van der Waals surface area contributed by atoms with Crippen LogP contribution in [-0.4, -0.2) is 48.9 Å². The first kappa shape index (κ1) is 15.7. The molecule has 0 aliphatic carbocycles. The van der Waals surface area contributed by atoms with E-state index in [2.05, 4.69) is 10.1 Å². The molecule has 0 bridgehead atoms. The number of hydrogen-bond donors (Lipinski definition) is 1. The summed E-state index contributed by atoms with van der Waals surface area (Å²) in [6, 6.07) is 2.31. The van der Waals surface area contributed by atoms with E-state index in [1.807, 2.05) is 0 Å². The van der Waals surface area contributed by atoms with Gasteiger partial charge in [0.1, 0.15) is 12.6 Å². The topological polar surface area (TPSA) is 88.9 Å². The van der Waals surface area contributed by atoms with Crippen molar-refractivity contribution in [3.63, 3.8) is 0 Å². The SMILES string of the molecule is CCN(CC(=O)OC)C(=O)C(C)NC(=O)c1ccco1. The van der Waals surface area contributed by atoms with Gasteiger partial charge in [-0.2, -0.15) is 0 Å². The van der Waals surface area contributed by atoms with Crippen LogP contribution >= 0.6 is 0 Å². The molecule has 0 aliphatic heterocycles. The minimum atomic E-state index is -0.766. The monoisotopic (exact) mass is 282 g/mol. The van der Waals surface area contributed by atoms with E-state index in [-0.39, 0.29) is 18.2 Å². The number of likely N-dealkylation sites (N-methyl/N-ethyl adjacent to an activating group) is 1. The van der Waals surface area contributed by atoms with Crippen LogP contribution in [0.3, 0.4) is 0 Å². The van der Waals surface area contributed by atoms with Crippen LogP contribution in [0.25, 0.3) is 0 Å². The van der Waals surface area contributed by atoms with Gasteiger partial charge in [-0.15, -0.1) is 0 Å². The average Bonchev–Trinajstić information content (AvgIpc) is 2.97. The minimum Gasteiger partial charge on any atom is -0.468 e. The summed E-state index contributed by atoms with van der Waals surface area (Å²) in [6.07, 6.45) is 1.37. The molecule has 1 aromatic rings. The predicted octanol–water partition coefficient (Wildman–Crippen LogP) is 0.419. The normalized spacial score (nSPS) is 11.6. The number of methoxy groups -OCH3 is 1. The summed E-state index contributed by atoms with van der Waals surface area (Å²) < 4.78 is 9.45. The number of nitrogens with one attached hydrogen (secondary N) is 1. The summed E-state index contributed by atoms with van der Waals surface area (Å²) in [5, 5.41) is 2.51. The Hall–Kier alpha value is -2.31. The van der Waals surface area contributed by atoms with Gasteiger partial charge in [-0.1, -0.05) is 0 Å². The van der Waals surface area contributed by atoms with Crippen molar-refractivity contribution < 1.29 is 23.5 Å². The van der Waals surface area contributed by atoms with Crippen LogP contribution in [0.1, 0.15) is 24.4 Å². The van der Waals surface area contributed by atoms with Gasteiger partial charge in [-0.3, -0.25) is 14.4 Å². The van der Waals surface area contributed by atoms with Crippen LogP contribution < -0.4 is 5.32 Å². The first-order valence-electron chi connectivity index (χ1n) is 6.19. The van der Waals surface area contributed by atoms with Crippen molar-refractivity contribution in [2.45, 2.75) is 19.9 Å². The van der Waals surface area contributed by atoms with Gasteiger partial charge in [0, 0.05) is 6.54 Å². The maximum absolute atomic E-state index is 12.1. The van der Waals surface area contributed by atoms with E-state index in [0.29, 0.717) is 6.54 Å². The van der Waals surface area contributed by atoms with Crippen molar-refractivity contribution in [2.24, 2.45) is 0 Å². The number of ether oxygens (including phenoxy) is 1. The molecule has 0 saturated heterocycles. The van der Waals surface area contributed by atoms with E-state index in [4.69, 9.17) is 4.42 Å². The third kappa shape index (κ3) is 4.11. The molecule has 1 heterocycles. The fraction of sp³-hybridized carbons (Fsp3) is 0.462. The van der Waals surface area contributed by atoms with E-state index >= 15 is 0 Å². The van der Waals surface area contributed by atoms with E-state index in [1.54, 1.807) is 19.9 Å². The smallest absolute Gasteiger partial charge is 0.325 e. The van der Waals surface area contributed by atoms with Gasteiger partial charge >= 0.3 is 5.97 Å². The Labute approximate surface area is 116 Å². The molecule has 1 unspecified atom stereocenters. The highest BCUT2D eigenvalue weighted by Gasteiger charge is 2.24. The highest BCUT2D eigenvalue weighted by atomic mass is 16.5. The lowest BCUT2D eigenvalue weighted by molar-refractivity contribution is -0.147. The summed E-state index contributed by atoms with van der Waals surface area (Å²) in [7, 11) is 1.25. The third-order valence-corrected chi connectivity index (χ3v) is 2.70. The van der Waals surface area contributed by atoms with Gasteiger partial charge in [-0.25, -0.2) is 0 Å². The van der Waals surface area contributed by atoms with Crippen LogP contribution in [0.5, 0.6) is 0 Å². The number of hydrogen-bond acceptors (Lipinski definition) is 5. The second-order valence-electron chi connectivity index (χ2n) is 4.10. The largest absolute Gasteiger partial charge is 0.468 e. The molecule has 1 N–H and O–H groups in total. The van der Waals surface area contributed by atoms with Gasteiger partial charge in [0.2, 0.25) is 5.91 Å². The predicted molar refractivity (Wildman–Crippen MR) is 69.9 cm³/mol. The molecule has 1 atom stereocenters. The molecule has 1 aromatic heterocycles. The molecule has 2 amide bonds. The Kier molecular flexibility index (Phi) is 5.76. The number of carbonyl (C=O) groups excluding carboxylic acids is 3. The molecule has 0 radical (unpaired) electrons. The lowest BCUT2D eigenvalue weighted by atomic mass is 10.2. The zero-order valence-electron chi connectivity index (χ0n) is 11.7. The standard InChI is InChI=1S/C13H18N2O5/c1-4-15(8-11(16)19-3)13(18)9(2)14-12(17)10-6-5-7-20-10/h5-7,9H,4,8H2,1-3H3,(H,14,17). The van der Waals surface area contributed by atoms with Crippen LogP contribution in [0.4, 0.5) is 0 Å². The van der Waals surface area contributed by atoms with Crippen molar-refractivity contribution in [3.05, 3.63) is 24.2 Å². The summed E-state index contributed by atoms with van der Waals surface area (Å²) in [5.74, 6) is -1.23. The molecular weight excluding hydrogens is 264 g/mol. The van der Waals surface area contributed by atoms with Crippen molar-refractivity contribution in [2.75, 3.05) is 20.2 Å². The Morgan fingerprint density at radius 2 is 2.15 bits per heavy atom. The van der Waals surface area contributed by atoms with Crippen LogP contribution in [0.2, 0.25) is 0 Å². The molecule has 0 spiro atoms. The second-order valence-corrected chi connectivity index (χ2v) is 4.10. The van der Waals surface area contributed by atoms with Gasteiger partial charge in [0.05, 0.1) is 13.4 Å². The fourth-order valence-corrected chi connectivity index (χ4v) is 1.58. The van der Waals surface area contributed by atoms with Crippen LogP contribution in [-0.2, 0) is 14.3 Å². The number of nitrogens with zero attached hydrogens (tertiary/aromatic N) is 1. The first-order valence-corrected chi connectivity index (χ1v) is 6.19. The summed E-state index contributed by atoms with van der Waals surface area (Å²) in [6.45, 7) is 3.48. The number of esters is 1. The summed E-state index contributed by atoms with van der Waals surface area (Å²) in [4.78, 5) is 36.3. The Bertz CT molecular complexity index is 469. The molecule has 0 saturated carbocycles. The van der Waals surface area contributed by atoms with Gasteiger partial charge in [-0.05, 0) is 26.0 Å². The van der Waals surface area contributed by atoms with Gasteiger partial charge < -0.3 is 19.4 Å². The van der Waals surface area contributed by atoms with E-state index in [1.165, 1.54) is 24.3 Å². The Balaban J connectivity index is 2.60. The maximum atomic E-state index is 12.1. The molecule has 110 valence electrons. The van der Waals surface area contributed by atoms with E-state index in [0.717, 1.165) is 0 Å². The Morgan fingerprint density at radius 1 is 1.45 bits per heavy atom. The van der Waals surface area contributed by atoms with Gasteiger partial charge in [0.15, 0.2) is 5.76 Å². The zero-order valence-corrected chi connectivity index (χ0v) is 11.7. The molecule has 0 aliphatic rings. The van der Waals surface area contributed by atoms with E-state index in [9.17, 15) is 14.4 Å². The summed E-state index contributed by atoms with van der Waals surface area (Å²) >= 11 is 0. The molecule has 20 heavy (non-hydrogen) atoms. The van der Waals surface area contributed by atoms with Crippen molar-refractivity contribution in [1.82, 2.24) is 10.2 Å². The van der Waals surface area contributed by atoms with Crippen molar-refractivity contribution in [3.8, 4) is 0 Å². The fourth-order valence-electron chi connectivity index (χ4n) is 1.58. The minimum absolute atomic E-state index is 0.126. The molecule has 7 nitrogen and oxygen atoms in total. The number of amides is 2. The molecule has 0 aromatic carbocycles. The number of carbonyl (C=O) groups is 3. The van der Waals surface area contributed by atoms with Gasteiger partial charge in [0.25, 0.3) is 5.91 Å².